The molecule has 1 saturated heterocycles. The number of hydrogen-bond donors (Lipinski definition) is 2. The predicted molar refractivity (Wildman–Crippen MR) is 72.9 cm³/mol. The molecule has 0 bridgehead atoms. The Balaban J connectivity index is 1.87. The molecule has 0 spiro atoms. The van der Waals surface area contributed by atoms with Crippen LogP contribution < -0.4 is 10.0 Å². The third kappa shape index (κ3) is 3.84. The lowest BCUT2D eigenvalue weighted by atomic mass is 10.3. The number of nitrogens with one attached hydrogen (secondary N) is 2. The third-order valence-electron chi connectivity index (χ3n) is 3.67. The molecular formula is C11H22N2O2S2. The molecule has 17 heavy (non-hydrogen) atoms. The summed E-state index contributed by atoms with van der Waals surface area (Å²) in [4.78, 5) is 0. The molecule has 6 heteroatoms. The first-order chi connectivity index (χ1) is 8.11. The number of sulfonamides is 1. The highest BCUT2D eigenvalue weighted by atomic mass is 32.2. The molecule has 100 valence electrons. The average molecular weight is 278 g/mol. The quantitative estimate of drug-likeness (QED) is 0.786. The van der Waals surface area contributed by atoms with Gasteiger partial charge in [-0.25, -0.2) is 13.1 Å². The molecule has 2 rings (SSSR count). The first kappa shape index (κ1) is 13.6. The summed E-state index contributed by atoms with van der Waals surface area (Å²) in [6, 6.07) is 0.304. The lowest BCUT2D eigenvalue weighted by Gasteiger charge is -2.20. The van der Waals surface area contributed by atoms with Crippen molar-refractivity contribution >= 4 is 21.8 Å². The zero-order valence-electron chi connectivity index (χ0n) is 10.3. The lowest BCUT2D eigenvalue weighted by Crippen LogP contribution is -2.43. The van der Waals surface area contributed by atoms with Crippen molar-refractivity contribution in [1.82, 2.24) is 10.0 Å². The summed E-state index contributed by atoms with van der Waals surface area (Å²) in [7, 11) is -3.12. The van der Waals surface area contributed by atoms with Gasteiger partial charge in [-0.3, -0.25) is 0 Å². The molecule has 1 aliphatic heterocycles. The Morgan fingerprint density at radius 3 is 2.76 bits per heavy atom. The van der Waals surface area contributed by atoms with Gasteiger partial charge in [0.25, 0.3) is 0 Å². The van der Waals surface area contributed by atoms with Crippen molar-refractivity contribution in [2.45, 2.75) is 49.4 Å². The van der Waals surface area contributed by atoms with Crippen molar-refractivity contribution in [2.75, 3.05) is 18.6 Å². The van der Waals surface area contributed by atoms with E-state index >= 15 is 0 Å². The van der Waals surface area contributed by atoms with Crippen LogP contribution in [0.3, 0.4) is 0 Å². The second-order valence-electron chi connectivity index (χ2n) is 5.00. The fraction of sp³-hybridized carbons (Fsp3) is 1.00. The maximum Gasteiger partial charge on any atom is 0.213 e. The Kier molecular flexibility index (Phi) is 4.74. The summed E-state index contributed by atoms with van der Waals surface area (Å²) < 4.78 is 27.0. The SMILES string of the molecule is CSC1CCCC1NS(=O)(=O)CC1CCCN1. The molecule has 1 aliphatic carbocycles. The van der Waals surface area contributed by atoms with Crippen molar-refractivity contribution < 1.29 is 8.42 Å². The van der Waals surface area contributed by atoms with Gasteiger partial charge in [-0.2, -0.15) is 11.8 Å². The maximum atomic E-state index is 12.0. The zero-order valence-corrected chi connectivity index (χ0v) is 11.9. The molecule has 2 fully saturated rings. The minimum Gasteiger partial charge on any atom is -0.313 e. The van der Waals surface area contributed by atoms with Crippen LogP contribution in [0.1, 0.15) is 32.1 Å². The van der Waals surface area contributed by atoms with E-state index in [9.17, 15) is 8.42 Å². The smallest absolute Gasteiger partial charge is 0.213 e. The van der Waals surface area contributed by atoms with Crippen molar-refractivity contribution in [3.05, 3.63) is 0 Å². The topological polar surface area (TPSA) is 58.2 Å². The Bertz CT molecular complexity index is 339. The second kappa shape index (κ2) is 5.91. The summed E-state index contributed by atoms with van der Waals surface area (Å²) in [5.41, 5.74) is 0. The van der Waals surface area contributed by atoms with Gasteiger partial charge in [-0.15, -0.1) is 0 Å². The number of thioether (sulfide) groups is 1. The van der Waals surface area contributed by atoms with Gasteiger partial charge in [0, 0.05) is 17.3 Å². The van der Waals surface area contributed by atoms with Crippen LogP contribution in [0.15, 0.2) is 0 Å². The van der Waals surface area contributed by atoms with Crippen LogP contribution in [0.2, 0.25) is 0 Å². The first-order valence-corrected chi connectivity index (χ1v) is 9.31. The Morgan fingerprint density at radius 2 is 2.12 bits per heavy atom. The van der Waals surface area contributed by atoms with Crippen LogP contribution in [0.25, 0.3) is 0 Å². The molecule has 0 aromatic heterocycles. The van der Waals surface area contributed by atoms with Crippen molar-refractivity contribution in [1.29, 1.82) is 0 Å². The van der Waals surface area contributed by atoms with Crippen molar-refractivity contribution in [2.24, 2.45) is 0 Å². The fourth-order valence-corrected chi connectivity index (χ4v) is 5.46. The van der Waals surface area contributed by atoms with Gasteiger partial charge >= 0.3 is 0 Å². The van der Waals surface area contributed by atoms with Crippen LogP contribution in [0.4, 0.5) is 0 Å². The fourth-order valence-electron chi connectivity index (χ4n) is 2.79. The van der Waals surface area contributed by atoms with E-state index in [1.165, 1.54) is 0 Å². The van der Waals surface area contributed by atoms with E-state index < -0.39 is 10.0 Å². The predicted octanol–water partition coefficient (Wildman–Crippen LogP) is 0.942. The molecule has 1 saturated carbocycles. The number of hydrogen-bond acceptors (Lipinski definition) is 4. The van der Waals surface area contributed by atoms with Crippen molar-refractivity contribution in [3.63, 3.8) is 0 Å². The summed E-state index contributed by atoms with van der Waals surface area (Å²) in [5, 5.41) is 3.70. The molecule has 0 amide bonds. The van der Waals surface area contributed by atoms with Crippen LogP contribution in [-0.4, -0.2) is 44.3 Å². The highest BCUT2D eigenvalue weighted by Gasteiger charge is 2.31. The van der Waals surface area contributed by atoms with Gasteiger partial charge in [-0.05, 0) is 38.5 Å². The Labute approximate surface area is 108 Å². The van der Waals surface area contributed by atoms with Gasteiger partial charge in [0.15, 0.2) is 0 Å². The van der Waals surface area contributed by atoms with E-state index in [1.807, 2.05) is 0 Å². The molecule has 3 unspecified atom stereocenters. The van der Waals surface area contributed by atoms with Crippen LogP contribution in [0.5, 0.6) is 0 Å². The Morgan fingerprint density at radius 1 is 1.29 bits per heavy atom. The molecule has 1 heterocycles. The molecule has 2 N–H and O–H groups in total. The second-order valence-corrected chi connectivity index (χ2v) is 7.88. The van der Waals surface area contributed by atoms with E-state index in [0.29, 0.717) is 5.25 Å². The molecule has 2 aliphatic rings. The summed E-state index contributed by atoms with van der Waals surface area (Å²) in [5.74, 6) is 0.241. The Hall–Kier alpha value is 0.220. The number of rotatable bonds is 5. The highest BCUT2D eigenvalue weighted by molar-refractivity contribution is 7.99. The van der Waals surface area contributed by atoms with Gasteiger partial charge in [0.1, 0.15) is 0 Å². The van der Waals surface area contributed by atoms with Crippen LogP contribution in [0, 0.1) is 0 Å². The zero-order chi connectivity index (χ0) is 12.3. The standard InChI is InChI=1S/C11H22N2O2S2/c1-16-11-6-2-5-10(11)13-17(14,15)8-9-4-3-7-12-9/h9-13H,2-8H2,1H3. The van der Waals surface area contributed by atoms with Gasteiger partial charge in [0.05, 0.1) is 5.75 Å². The van der Waals surface area contributed by atoms with E-state index in [1.54, 1.807) is 11.8 Å². The van der Waals surface area contributed by atoms with Gasteiger partial charge in [0.2, 0.25) is 10.0 Å². The lowest BCUT2D eigenvalue weighted by molar-refractivity contribution is 0.541. The normalized spacial score (nSPS) is 34.3. The van der Waals surface area contributed by atoms with E-state index in [0.717, 1.165) is 38.6 Å². The maximum absolute atomic E-state index is 12.0. The summed E-state index contributed by atoms with van der Waals surface area (Å²) in [6.45, 7) is 0.955. The third-order valence-corrected chi connectivity index (χ3v) is 6.34. The highest BCUT2D eigenvalue weighted by Crippen LogP contribution is 2.28. The molecule has 0 aromatic rings. The summed E-state index contributed by atoms with van der Waals surface area (Å²) >= 11 is 1.78. The average Bonchev–Trinajstić information content (AvgIpc) is 2.87. The summed E-state index contributed by atoms with van der Waals surface area (Å²) in [6.07, 6.45) is 7.41. The molecule has 0 radical (unpaired) electrons. The molecule has 4 nitrogen and oxygen atoms in total. The molecule has 3 atom stereocenters. The first-order valence-electron chi connectivity index (χ1n) is 6.37. The van der Waals surface area contributed by atoms with Gasteiger partial charge < -0.3 is 5.32 Å². The van der Waals surface area contributed by atoms with E-state index in [4.69, 9.17) is 0 Å². The van der Waals surface area contributed by atoms with Crippen LogP contribution in [-0.2, 0) is 10.0 Å². The monoisotopic (exact) mass is 278 g/mol. The minimum absolute atomic E-state index is 0.149. The largest absolute Gasteiger partial charge is 0.313 e. The molecule has 0 aromatic carbocycles. The van der Waals surface area contributed by atoms with Gasteiger partial charge in [-0.1, -0.05) is 6.42 Å². The van der Waals surface area contributed by atoms with E-state index in [-0.39, 0.29) is 17.8 Å². The molecular weight excluding hydrogens is 256 g/mol. The van der Waals surface area contributed by atoms with Crippen molar-refractivity contribution in [3.8, 4) is 0 Å². The van der Waals surface area contributed by atoms with Crippen LogP contribution >= 0.6 is 11.8 Å². The minimum atomic E-state index is -3.12. The van der Waals surface area contributed by atoms with E-state index in [2.05, 4.69) is 16.3 Å².